The Morgan fingerprint density at radius 3 is 2.50 bits per heavy atom. The van der Waals surface area contributed by atoms with Gasteiger partial charge in [-0.05, 0) is 49.1 Å². The monoisotopic (exact) mass is 379 g/mol. The lowest BCUT2D eigenvalue weighted by atomic mass is 9.91. The van der Waals surface area contributed by atoms with Crippen molar-refractivity contribution in [3.05, 3.63) is 65.7 Å². The third-order valence-electron chi connectivity index (χ3n) is 4.72. The smallest absolute Gasteiger partial charge is 0.323 e. The zero-order chi connectivity index (χ0) is 20.3. The lowest BCUT2D eigenvalue weighted by Crippen LogP contribution is -2.44. The van der Waals surface area contributed by atoms with Crippen LogP contribution in [0.25, 0.3) is 0 Å². The van der Waals surface area contributed by atoms with Crippen molar-refractivity contribution in [3.8, 4) is 0 Å². The summed E-state index contributed by atoms with van der Waals surface area (Å²) in [7, 11) is 0. The van der Waals surface area contributed by atoms with Crippen molar-refractivity contribution in [3.63, 3.8) is 0 Å². The van der Waals surface area contributed by atoms with Crippen LogP contribution in [-0.4, -0.2) is 28.3 Å². The van der Waals surface area contributed by atoms with Crippen LogP contribution < -0.4 is 10.6 Å². The minimum absolute atomic E-state index is 0.130. The molecule has 0 bridgehead atoms. The molecule has 1 heterocycles. The van der Waals surface area contributed by atoms with Gasteiger partial charge in [0.2, 0.25) is 0 Å². The molecule has 28 heavy (non-hydrogen) atoms. The Bertz CT molecular complexity index is 895. The first-order valence-electron chi connectivity index (χ1n) is 9.38. The van der Waals surface area contributed by atoms with Gasteiger partial charge in [-0.2, -0.15) is 0 Å². The fourth-order valence-electron chi connectivity index (χ4n) is 3.56. The molecule has 0 aromatic heterocycles. The molecule has 6 heteroatoms. The first kappa shape index (κ1) is 19.6. The van der Waals surface area contributed by atoms with Crippen LogP contribution in [0.5, 0.6) is 0 Å². The molecule has 3 rings (SSSR count). The Morgan fingerprint density at radius 2 is 1.82 bits per heavy atom. The van der Waals surface area contributed by atoms with Crippen LogP contribution in [0.3, 0.4) is 0 Å². The van der Waals surface area contributed by atoms with Crippen molar-refractivity contribution < 1.29 is 14.4 Å². The van der Waals surface area contributed by atoms with Crippen LogP contribution in [0.4, 0.5) is 10.5 Å². The summed E-state index contributed by atoms with van der Waals surface area (Å²) < 4.78 is 0. The molecule has 2 aromatic rings. The molecular weight excluding hydrogens is 354 g/mol. The van der Waals surface area contributed by atoms with Gasteiger partial charge < -0.3 is 10.6 Å². The zero-order valence-electron chi connectivity index (χ0n) is 16.4. The van der Waals surface area contributed by atoms with E-state index >= 15 is 0 Å². The van der Waals surface area contributed by atoms with Crippen LogP contribution >= 0.6 is 0 Å². The average molecular weight is 379 g/mol. The van der Waals surface area contributed by atoms with Crippen LogP contribution in [0, 0.1) is 5.92 Å². The maximum absolute atomic E-state index is 12.8. The second-order valence-electron chi connectivity index (χ2n) is 7.77. The predicted octanol–water partition coefficient (Wildman–Crippen LogP) is 3.80. The van der Waals surface area contributed by atoms with E-state index in [1.165, 1.54) is 4.90 Å². The Balaban J connectivity index is 1.73. The van der Waals surface area contributed by atoms with Gasteiger partial charge in [0.15, 0.2) is 0 Å². The van der Waals surface area contributed by atoms with Crippen molar-refractivity contribution in [1.82, 2.24) is 10.2 Å². The van der Waals surface area contributed by atoms with Crippen molar-refractivity contribution >= 4 is 23.5 Å². The largest absolute Gasteiger partial charge is 0.325 e. The number of nitrogens with one attached hydrogen (secondary N) is 2. The number of hydrogen-bond acceptors (Lipinski definition) is 3. The van der Waals surface area contributed by atoms with Gasteiger partial charge in [0.1, 0.15) is 5.54 Å². The highest BCUT2D eigenvalue weighted by molar-refractivity contribution is 6.07. The molecule has 2 aromatic carbocycles. The fourth-order valence-corrected chi connectivity index (χ4v) is 3.56. The SMILES string of the molecule is CC(C)CC1(C)NC(=O)N(Cc2cccc(C(=O)Nc3ccccc3)c2)C1=O. The third-order valence-corrected chi connectivity index (χ3v) is 4.72. The summed E-state index contributed by atoms with van der Waals surface area (Å²) in [5, 5.41) is 5.64. The molecule has 0 radical (unpaired) electrons. The van der Waals surface area contributed by atoms with Gasteiger partial charge in [0.05, 0.1) is 6.54 Å². The molecule has 1 aliphatic heterocycles. The Morgan fingerprint density at radius 1 is 1.11 bits per heavy atom. The summed E-state index contributed by atoms with van der Waals surface area (Å²) in [5.74, 6) is -0.195. The second kappa shape index (κ2) is 7.84. The van der Waals surface area contributed by atoms with Gasteiger partial charge in [-0.3, -0.25) is 14.5 Å². The molecule has 0 saturated carbocycles. The van der Waals surface area contributed by atoms with E-state index in [4.69, 9.17) is 0 Å². The maximum atomic E-state index is 12.8. The number of amides is 4. The van der Waals surface area contributed by atoms with E-state index in [0.29, 0.717) is 17.7 Å². The van der Waals surface area contributed by atoms with E-state index in [2.05, 4.69) is 10.6 Å². The van der Waals surface area contributed by atoms with Crippen LogP contribution in [0.1, 0.15) is 43.1 Å². The highest BCUT2D eigenvalue weighted by Gasteiger charge is 2.47. The Hall–Kier alpha value is -3.15. The molecule has 1 atom stereocenters. The number of hydrogen-bond donors (Lipinski definition) is 2. The van der Waals surface area contributed by atoms with Crippen molar-refractivity contribution in [2.45, 2.75) is 39.3 Å². The lowest BCUT2D eigenvalue weighted by Gasteiger charge is -2.23. The topological polar surface area (TPSA) is 78.5 Å². The molecule has 1 fully saturated rings. The summed E-state index contributed by atoms with van der Waals surface area (Å²) in [6.45, 7) is 5.92. The van der Waals surface area contributed by atoms with Crippen LogP contribution in [0.15, 0.2) is 54.6 Å². The molecule has 146 valence electrons. The molecule has 0 aliphatic carbocycles. The minimum Gasteiger partial charge on any atom is -0.323 e. The molecular formula is C22H25N3O3. The molecule has 4 amide bonds. The number of carbonyl (C=O) groups excluding carboxylic acids is 3. The van der Waals surface area contributed by atoms with Gasteiger partial charge in [0, 0.05) is 11.3 Å². The molecule has 1 aliphatic rings. The maximum Gasteiger partial charge on any atom is 0.325 e. The number of imide groups is 1. The van der Waals surface area contributed by atoms with E-state index < -0.39 is 11.6 Å². The third kappa shape index (κ3) is 4.22. The molecule has 6 nitrogen and oxygen atoms in total. The van der Waals surface area contributed by atoms with Crippen molar-refractivity contribution in [2.75, 3.05) is 5.32 Å². The highest BCUT2D eigenvalue weighted by Crippen LogP contribution is 2.26. The number of rotatable bonds is 6. The van der Waals surface area contributed by atoms with E-state index in [1.54, 1.807) is 31.2 Å². The van der Waals surface area contributed by atoms with E-state index in [0.717, 1.165) is 5.56 Å². The molecule has 2 N–H and O–H groups in total. The first-order chi connectivity index (χ1) is 13.3. The summed E-state index contributed by atoms with van der Waals surface area (Å²) in [6, 6.07) is 15.8. The number of nitrogens with zero attached hydrogens (tertiary/aromatic N) is 1. The van der Waals surface area contributed by atoms with Gasteiger partial charge in [-0.1, -0.05) is 44.2 Å². The Kier molecular flexibility index (Phi) is 5.49. The number of benzene rings is 2. The molecule has 1 unspecified atom stereocenters. The van der Waals surface area contributed by atoms with E-state index in [1.807, 2.05) is 44.2 Å². The standard InChI is InChI=1S/C22H25N3O3/c1-15(2)13-22(3)20(27)25(21(28)24-22)14-16-8-7-9-17(12-16)19(26)23-18-10-5-4-6-11-18/h4-12,15H,13-14H2,1-3H3,(H,23,26)(H,24,28). The van der Waals surface area contributed by atoms with Gasteiger partial charge in [-0.25, -0.2) is 4.79 Å². The van der Waals surface area contributed by atoms with Gasteiger partial charge in [-0.15, -0.1) is 0 Å². The van der Waals surface area contributed by atoms with Crippen LogP contribution in [-0.2, 0) is 11.3 Å². The minimum atomic E-state index is -0.881. The Labute approximate surface area is 164 Å². The number of urea groups is 1. The van der Waals surface area contributed by atoms with E-state index in [-0.39, 0.29) is 24.3 Å². The van der Waals surface area contributed by atoms with Crippen LogP contribution in [0.2, 0.25) is 0 Å². The quantitative estimate of drug-likeness (QED) is 0.750. The van der Waals surface area contributed by atoms with Crippen molar-refractivity contribution in [2.24, 2.45) is 5.92 Å². The fraction of sp³-hybridized carbons (Fsp3) is 0.318. The normalized spacial score (nSPS) is 19.1. The van der Waals surface area contributed by atoms with Gasteiger partial charge in [0.25, 0.3) is 11.8 Å². The molecule has 1 saturated heterocycles. The summed E-state index contributed by atoms with van der Waals surface area (Å²) in [5.41, 5.74) is 1.01. The highest BCUT2D eigenvalue weighted by atomic mass is 16.2. The summed E-state index contributed by atoms with van der Waals surface area (Å²) in [4.78, 5) is 38.9. The number of carbonyl (C=O) groups is 3. The van der Waals surface area contributed by atoms with Gasteiger partial charge >= 0.3 is 6.03 Å². The molecule has 0 spiro atoms. The lowest BCUT2D eigenvalue weighted by molar-refractivity contribution is -0.131. The second-order valence-corrected chi connectivity index (χ2v) is 7.77. The van der Waals surface area contributed by atoms with Crippen molar-refractivity contribution in [1.29, 1.82) is 0 Å². The summed E-state index contributed by atoms with van der Waals surface area (Å²) >= 11 is 0. The van der Waals surface area contributed by atoms with E-state index in [9.17, 15) is 14.4 Å². The zero-order valence-corrected chi connectivity index (χ0v) is 16.4. The first-order valence-corrected chi connectivity index (χ1v) is 9.38. The average Bonchev–Trinajstić information content (AvgIpc) is 2.85. The summed E-state index contributed by atoms with van der Waals surface area (Å²) in [6.07, 6.45) is 0.577. The number of anilines is 1. The predicted molar refractivity (Wildman–Crippen MR) is 108 cm³/mol. The number of para-hydroxylation sites is 1.